The second-order valence-electron chi connectivity index (χ2n) is 4.01. The molecule has 0 rings (SSSR count). The summed E-state index contributed by atoms with van der Waals surface area (Å²) < 4.78 is 0. The Labute approximate surface area is 534 Å². The molecule has 0 aromatic heterocycles. The van der Waals surface area contributed by atoms with E-state index in [4.69, 9.17) is 11.2 Å². The molecular formula is S60W. The van der Waals surface area contributed by atoms with Crippen molar-refractivity contribution in [2.24, 2.45) is 0 Å². The zero-order valence-electron chi connectivity index (χ0n) is 24.9. The molecule has 0 bridgehead atoms. The van der Waals surface area contributed by atoms with E-state index in [9.17, 15) is 0 Å². The van der Waals surface area contributed by atoms with Gasteiger partial charge in [-0.05, 0) is 0 Å². The summed E-state index contributed by atoms with van der Waals surface area (Å²) in [5.74, 6) is 0. The Morgan fingerprint density at radius 1 is 0.131 bits per heavy atom. The fraction of sp³-hybridized carbons (Fsp3) is 0. The van der Waals surface area contributed by atoms with Crippen molar-refractivity contribution in [2.75, 3.05) is 0 Å². The molecule has 0 aliphatic carbocycles. The van der Waals surface area contributed by atoms with Gasteiger partial charge in [-0.25, -0.2) is 0 Å². The second-order valence-corrected chi connectivity index (χ2v) is 112. The first-order valence-corrected chi connectivity index (χ1v) is 92.6. The van der Waals surface area contributed by atoms with Gasteiger partial charge in [0.1, 0.15) is 0 Å². The first-order valence-electron chi connectivity index (χ1n) is 10.00. The molecule has 0 saturated carbocycles. The number of rotatable bonds is 0. The molecule has 0 atom stereocenters. The van der Waals surface area contributed by atoms with Crippen molar-refractivity contribution in [3.8, 4) is 0 Å². The summed E-state index contributed by atoms with van der Waals surface area (Å²) in [5.41, 5.74) is 0. The first-order chi connectivity index (χ1) is 30.4. The molecule has 0 amide bonds. The van der Waals surface area contributed by atoms with Crippen molar-refractivity contribution < 1.29 is 18.0 Å². The van der Waals surface area contributed by atoms with Crippen LogP contribution in [0.2, 0.25) is 0 Å². The minimum absolute atomic E-state index is 1.38. The Bertz CT molecular complexity index is 4100. The Kier molecular flexibility index (Phi) is 90.7. The molecule has 0 radical (unpaired) electrons. The summed E-state index contributed by atoms with van der Waals surface area (Å²) in [6.45, 7) is 0. The molecule has 0 spiro atoms. The topological polar surface area (TPSA) is 0 Å². The zero-order chi connectivity index (χ0) is 43.7. The Morgan fingerprint density at radius 3 is 0.295 bits per heavy atom. The molecule has 0 N–H and O–H groups in total. The van der Waals surface area contributed by atoms with E-state index in [-0.39, 0.29) is 0 Å². The van der Waals surface area contributed by atoms with Crippen LogP contribution in [0.5, 0.6) is 0 Å². The summed E-state index contributed by atoms with van der Waals surface area (Å²) in [6.07, 6.45) is 0. The van der Waals surface area contributed by atoms with Gasteiger partial charge in [0.15, 0.2) is 0 Å². The molecule has 0 fully saturated rings. The molecule has 0 aromatic rings. The Balaban J connectivity index is 6.12. The van der Waals surface area contributed by atoms with Crippen LogP contribution in [0.15, 0.2) is 0 Å². The van der Waals surface area contributed by atoms with Crippen molar-refractivity contribution in [2.45, 2.75) is 0 Å². The van der Waals surface area contributed by atoms with Crippen LogP contribution in [-0.4, -0.2) is 0 Å². The normalized spacial score (nSPS) is 7.80. The van der Waals surface area contributed by atoms with Gasteiger partial charge in [-0.1, -0.05) is 0 Å². The Hall–Kier alpha value is 13.9. The average Bonchev–Trinajstić information content (AvgIpc) is 3.27. The molecule has 0 aliphatic heterocycles. The van der Waals surface area contributed by atoms with Crippen molar-refractivity contribution in [3.05, 3.63) is 0 Å². The van der Waals surface area contributed by atoms with Crippen LogP contribution in [0.25, 0.3) is 0 Å². The maximum absolute atomic E-state index is 4.82. The van der Waals surface area contributed by atoms with E-state index in [1.54, 1.807) is 71.3 Å². The molecule has 0 aliphatic rings. The monoisotopic (exact) mass is 2100 g/mol. The van der Waals surface area contributed by atoms with Crippen LogP contribution >= 0.6 is 0 Å². The van der Waals surface area contributed by atoms with Crippen molar-refractivity contribution in [1.82, 2.24) is 0 Å². The van der Waals surface area contributed by atoms with Gasteiger partial charge in [0.05, 0.1) is 0 Å². The van der Waals surface area contributed by atoms with Crippen molar-refractivity contribution >= 4 is 534 Å². The molecule has 0 aromatic carbocycles. The number of hydrogen-bond donors (Lipinski definition) is 0. The van der Waals surface area contributed by atoms with E-state index in [0.29, 0.717) is 0 Å². The first kappa shape index (κ1) is 74.9. The molecule has 366 valence electrons. The van der Waals surface area contributed by atoms with E-state index in [0.717, 1.165) is 0 Å². The molecule has 0 saturated heterocycles. The summed E-state index contributed by atoms with van der Waals surface area (Å²) in [6, 6.07) is 0. The van der Waals surface area contributed by atoms with Crippen molar-refractivity contribution in [3.63, 3.8) is 0 Å². The standard InChI is InChI=1S/S60.W/c1-3-5-7-9-11-13-15-17-19-21-23-25-27-29-31-33-35-37-39-41-43-45-47-49-51-53-55-57-59-60-58-56-54-52-50-48-46-44-42-40-38-36-34-32-30-28-26-24-22-20-18-16-14-12-10-8-6-4-2;. The molecule has 0 unspecified atom stereocenters. The molecule has 0 nitrogen and oxygen atoms in total. The van der Waals surface area contributed by atoms with Gasteiger partial charge in [0, 0.05) is 429 Å². The van der Waals surface area contributed by atoms with Gasteiger partial charge in [-0.3, -0.25) is 0 Å². The van der Waals surface area contributed by atoms with Gasteiger partial charge in [-0.2, -0.15) is 0 Å². The third-order valence-electron chi connectivity index (χ3n) is 1.61. The van der Waals surface area contributed by atoms with Crippen LogP contribution in [0.1, 0.15) is 0 Å². The fourth-order valence-corrected chi connectivity index (χ4v) is 162. The van der Waals surface area contributed by atoms with E-state index in [2.05, 4.69) is 0 Å². The third kappa shape index (κ3) is 73.9. The third-order valence-corrected chi connectivity index (χ3v) is 134. The van der Waals surface area contributed by atoms with E-state index < -0.39 is 0 Å². The predicted octanol–water partition coefficient (Wildman–Crippen LogP) is -0.147. The Morgan fingerprint density at radius 2 is 0.213 bits per heavy atom. The summed E-state index contributed by atoms with van der Waals surface area (Å²) in [4.78, 5) is 0. The predicted molar refractivity (Wildman–Crippen MR) is 442 cm³/mol. The van der Waals surface area contributed by atoms with Gasteiger partial charge >= 0.3 is 123 Å². The van der Waals surface area contributed by atoms with Gasteiger partial charge in [0.25, 0.3) is 0 Å². The van der Waals surface area contributed by atoms with Crippen LogP contribution in [0.4, 0.5) is 0 Å². The van der Waals surface area contributed by atoms with Crippen molar-refractivity contribution in [1.29, 1.82) is 0 Å². The van der Waals surface area contributed by atoms with Crippen LogP contribution in [0.3, 0.4) is 0 Å². The van der Waals surface area contributed by atoms with Crippen LogP contribution in [-0.2, 0) is 552 Å². The molecule has 61 heavy (non-hydrogen) atoms. The zero-order valence-corrected chi connectivity index (χ0v) is 76.8. The average molecular weight is 2110 g/mol. The van der Waals surface area contributed by atoms with Gasteiger partial charge in [-0.15, -0.1) is 0 Å². The van der Waals surface area contributed by atoms with Crippen LogP contribution < -0.4 is 0 Å². The molecule has 0 heterocycles. The van der Waals surface area contributed by atoms with Crippen LogP contribution in [0, 0.1) is 0 Å². The van der Waals surface area contributed by atoms with E-state index >= 15 is 0 Å². The van der Waals surface area contributed by atoms with E-state index in [1.807, 2.05) is 460 Å². The summed E-state index contributed by atoms with van der Waals surface area (Å²) in [7, 11) is 107. The quantitative estimate of drug-likeness (QED) is 0.326. The van der Waals surface area contributed by atoms with Gasteiger partial charge < -0.3 is 0 Å². The van der Waals surface area contributed by atoms with E-state index in [1.165, 1.54) is 8.88 Å². The minimum atomic E-state index is 1.38. The number of hydrogen-bond acceptors (Lipinski definition) is 1. The fourth-order valence-electron chi connectivity index (χ4n) is 0.646. The second kappa shape index (κ2) is 73.9. The SMILES string of the molecule is S=S=S=S=S=S=S=S=S=S=S=S=S=S=S=S=S=S=S=S=S=S=S=S=S=S=S=S=S=S=S=S=S=S=S=S=S=S=S=S=S=S=S=S=S=S=S=S=S=S=S=S=S=S=S=S=S=S=S=[S]=[W]. The summed E-state index contributed by atoms with van der Waals surface area (Å²) >= 11 is 6.38. The molecular weight excluding hydrogens is 2110 g/mol. The van der Waals surface area contributed by atoms with Gasteiger partial charge in [0.2, 0.25) is 0 Å². The molecule has 61 heteroatoms. The summed E-state index contributed by atoms with van der Waals surface area (Å²) in [5, 5.41) is 0. The maximum atomic E-state index is 4.82.